The molecule has 2 amide bonds. The van der Waals surface area contributed by atoms with Crippen molar-refractivity contribution >= 4 is 29.3 Å². The number of hydrogen-bond donors (Lipinski definition) is 2. The predicted octanol–water partition coefficient (Wildman–Crippen LogP) is 3.19. The lowest BCUT2D eigenvalue weighted by atomic mass is 9.89. The monoisotopic (exact) mass is 338 g/mol. The standard InChI is InChI=1S/C17H23FN2O2S/c18-14-6-8-15(9-7-14)20-17(22)12-23-11-16(21)19-10-13-4-2-1-3-5-13/h6-9,13H,1-5,10-12H2,(H,19,21)(H,20,22). The lowest BCUT2D eigenvalue weighted by Gasteiger charge is -2.21. The van der Waals surface area contributed by atoms with Crippen LogP contribution in [-0.2, 0) is 9.59 Å². The Labute approximate surface area is 140 Å². The van der Waals surface area contributed by atoms with E-state index in [-0.39, 0.29) is 29.1 Å². The molecule has 0 atom stereocenters. The van der Waals surface area contributed by atoms with Crippen molar-refractivity contribution < 1.29 is 14.0 Å². The Morgan fingerprint density at radius 2 is 1.70 bits per heavy atom. The minimum atomic E-state index is -0.341. The van der Waals surface area contributed by atoms with Crippen LogP contribution in [0.5, 0.6) is 0 Å². The van der Waals surface area contributed by atoms with Gasteiger partial charge in [0, 0.05) is 12.2 Å². The van der Waals surface area contributed by atoms with Gasteiger partial charge < -0.3 is 10.6 Å². The van der Waals surface area contributed by atoms with Crippen molar-refractivity contribution in [1.82, 2.24) is 5.32 Å². The summed E-state index contributed by atoms with van der Waals surface area (Å²) in [5.74, 6) is 0.543. The molecule has 126 valence electrons. The van der Waals surface area contributed by atoms with Crippen LogP contribution in [0.4, 0.5) is 10.1 Å². The van der Waals surface area contributed by atoms with Gasteiger partial charge in [-0.3, -0.25) is 9.59 Å². The Balaban J connectivity index is 1.57. The molecule has 1 aromatic rings. The molecule has 0 bridgehead atoms. The average molecular weight is 338 g/mol. The summed E-state index contributed by atoms with van der Waals surface area (Å²) < 4.78 is 12.8. The molecule has 0 spiro atoms. The molecule has 6 heteroatoms. The van der Waals surface area contributed by atoms with Crippen LogP contribution in [0.25, 0.3) is 0 Å². The van der Waals surface area contributed by atoms with Crippen LogP contribution in [0.15, 0.2) is 24.3 Å². The lowest BCUT2D eigenvalue weighted by molar-refractivity contribution is -0.118. The van der Waals surface area contributed by atoms with Crippen LogP contribution < -0.4 is 10.6 Å². The number of benzene rings is 1. The number of hydrogen-bond acceptors (Lipinski definition) is 3. The molecule has 1 aliphatic rings. The first-order chi connectivity index (χ1) is 11.1. The maximum atomic E-state index is 12.8. The van der Waals surface area contributed by atoms with Gasteiger partial charge in [-0.2, -0.15) is 0 Å². The summed E-state index contributed by atoms with van der Waals surface area (Å²) in [7, 11) is 0. The number of amides is 2. The van der Waals surface area contributed by atoms with Crippen molar-refractivity contribution in [2.45, 2.75) is 32.1 Å². The number of rotatable bonds is 7. The molecule has 1 aromatic carbocycles. The van der Waals surface area contributed by atoms with Crippen molar-refractivity contribution in [1.29, 1.82) is 0 Å². The summed E-state index contributed by atoms with van der Waals surface area (Å²) in [6.45, 7) is 0.751. The number of anilines is 1. The molecule has 0 unspecified atom stereocenters. The first-order valence-corrected chi connectivity index (χ1v) is 9.19. The van der Waals surface area contributed by atoms with Gasteiger partial charge in [0.15, 0.2) is 0 Å². The Morgan fingerprint density at radius 3 is 2.39 bits per heavy atom. The van der Waals surface area contributed by atoms with E-state index < -0.39 is 0 Å². The second-order valence-electron chi connectivity index (χ2n) is 5.86. The molecule has 2 N–H and O–H groups in total. The van der Waals surface area contributed by atoms with Gasteiger partial charge in [0.1, 0.15) is 5.82 Å². The fourth-order valence-corrected chi connectivity index (χ4v) is 3.31. The first-order valence-electron chi connectivity index (χ1n) is 8.03. The third kappa shape index (κ3) is 7.03. The molecule has 0 saturated heterocycles. The van der Waals surface area contributed by atoms with Gasteiger partial charge in [0.25, 0.3) is 0 Å². The minimum absolute atomic E-state index is 0.0184. The van der Waals surface area contributed by atoms with Crippen LogP contribution in [0.1, 0.15) is 32.1 Å². The largest absolute Gasteiger partial charge is 0.355 e. The molecule has 2 rings (SSSR count). The van der Waals surface area contributed by atoms with E-state index in [9.17, 15) is 14.0 Å². The summed E-state index contributed by atoms with van der Waals surface area (Å²) in [6.07, 6.45) is 6.24. The topological polar surface area (TPSA) is 58.2 Å². The van der Waals surface area contributed by atoms with Crippen molar-refractivity contribution in [2.75, 3.05) is 23.4 Å². The Bertz CT molecular complexity index is 516. The number of thioether (sulfide) groups is 1. The van der Waals surface area contributed by atoms with E-state index in [0.717, 1.165) is 6.54 Å². The molecule has 4 nitrogen and oxygen atoms in total. The van der Waals surface area contributed by atoms with E-state index in [0.29, 0.717) is 11.6 Å². The van der Waals surface area contributed by atoms with Crippen LogP contribution in [0, 0.1) is 11.7 Å². The van der Waals surface area contributed by atoms with E-state index in [1.54, 1.807) is 0 Å². The zero-order valence-corrected chi connectivity index (χ0v) is 14.0. The number of halogens is 1. The Morgan fingerprint density at radius 1 is 1.04 bits per heavy atom. The van der Waals surface area contributed by atoms with Crippen LogP contribution >= 0.6 is 11.8 Å². The molecular weight excluding hydrogens is 315 g/mol. The van der Waals surface area contributed by atoms with Gasteiger partial charge in [-0.05, 0) is 43.0 Å². The average Bonchev–Trinajstić information content (AvgIpc) is 2.56. The van der Waals surface area contributed by atoms with E-state index in [2.05, 4.69) is 10.6 Å². The smallest absolute Gasteiger partial charge is 0.234 e. The molecule has 0 heterocycles. The summed E-state index contributed by atoms with van der Waals surface area (Å²) in [6, 6.07) is 5.60. The zero-order chi connectivity index (χ0) is 16.5. The lowest BCUT2D eigenvalue weighted by Crippen LogP contribution is -2.31. The maximum Gasteiger partial charge on any atom is 0.234 e. The summed E-state index contributed by atoms with van der Waals surface area (Å²) in [4.78, 5) is 23.5. The highest BCUT2D eigenvalue weighted by Crippen LogP contribution is 2.22. The van der Waals surface area contributed by atoms with Crippen molar-refractivity contribution in [3.05, 3.63) is 30.1 Å². The normalized spacial score (nSPS) is 15.2. The molecule has 1 saturated carbocycles. The molecule has 1 aliphatic carbocycles. The van der Waals surface area contributed by atoms with E-state index in [1.807, 2.05) is 0 Å². The summed E-state index contributed by atoms with van der Waals surface area (Å²) in [5.41, 5.74) is 0.554. The highest BCUT2D eigenvalue weighted by atomic mass is 32.2. The highest BCUT2D eigenvalue weighted by Gasteiger charge is 2.14. The van der Waals surface area contributed by atoms with Crippen molar-refractivity contribution in [2.24, 2.45) is 5.92 Å². The van der Waals surface area contributed by atoms with Gasteiger partial charge in [-0.1, -0.05) is 19.3 Å². The van der Waals surface area contributed by atoms with Crippen molar-refractivity contribution in [3.8, 4) is 0 Å². The van der Waals surface area contributed by atoms with E-state index >= 15 is 0 Å². The quantitative estimate of drug-likeness (QED) is 0.803. The summed E-state index contributed by atoms with van der Waals surface area (Å²) >= 11 is 1.28. The second kappa shape index (κ2) is 9.55. The summed E-state index contributed by atoms with van der Waals surface area (Å²) in [5, 5.41) is 5.62. The second-order valence-corrected chi connectivity index (χ2v) is 6.84. The molecular formula is C17H23FN2O2S. The van der Waals surface area contributed by atoms with Gasteiger partial charge >= 0.3 is 0 Å². The number of nitrogens with one attached hydrogen (secondary N) is 2. The van der Waals surface area contributed by atoms with E-state index in [4.69, 9.17) is 0 Å². The SMILES string of the molecule is O=C(CSCC(=O)Nc1ccc(F)cc1)NCC1CCCCC1. The van der Waals surface area contributed by atoms with Crippen LogP contribution in [0.2, 0.25) is 0 Å². The fraction of sp³-hybridized carbons (Fsp3) is 0.529. The minimum Gasteiger partial charge on any atom is -0.355 e. The van der Waals surface area contributed by atoms with Crippen LogP contribution in [-0.4, -0.2) is 29.9 Å². The third-order valence-corrected chi connectivity index (χ3v) is 4.84. The van der Waals surface area contributed by atoms with Gasteiger partial charge in [-0.25, -0.2) is 4.39 Å². The van der Waals surface area contributed by atoms with Gasteiger partial charge in [0.2, 0.25) is 11.8 Å². The van der Waals surface area contributed by atoms with E-state index in [1.165, 1.54) is 68.1 Å². The molecule has 0 radical (unpaired) electrons. The Kier molecular flexibility index (Phi) is 7.39. The number of carbonyl (C=O) groups is 2. The zero-order valence-electron chi connectivity index (χ0n) is 13.1. The van der Waals surface area contributed by atoms with Gasteiger partial charge in [-0.15, -0.1) is 11.8 Å². The third-order valence-electron chi connectivity index (χ3n) is 3.91. The predicted molar refractivity (Wildman–Crippen MR) is 91.9 cm³/mol. The fourth-order valence-electron chi connectivity index (χ4n) is 2.67. The Hall–Kier alpha value is -1.56. The maximum absolute atomic E-state index is 12.8. The van der Waals surface area contributed by atoms with Crippen molar-refractivity contribution in [3.63, 3.8) is 0 Å². The van der Waals surface area contributed by atoms with Gasteiger partial charge in [0.05, 0.1) is 11.5 Å². The molecule has 23 heavy (non-hydrogen) atoms. The first kappa shape index (κ1) is 17.8. The highest BCUT2D eigenvalue weighted by molar-refractivity contribution is 8.00. The van der Waals surface area contributed by atoms with Crippen LogP contribution in [0.3, 0.4) is 0 Å². The molecule has 0 aromatic heterocycles. The molecule has 0 aliphatic heterocycles. The molecule has 1 fully saturated rings. The number of carbonyl (C=O) groups excluding carboxylic acids is 2.